The molecule has 0 saturated carbocycles. The molecule has 0 aliphatic carbocycles. The van der Waals surface area contributed by atoms with Gasteiger partial charge in [-0.2, -0.15) is 5.10 Å². The normalized spacial score (nSPS) is 10.8. The van der Waals surface area contributed by atoms with E-state index in [2.05, 4.69) is 26.0 Å². The highest BCUT2D eigenvalue weighted by atomic mass is 79.9. The fraction of sp³-hybridized carbons (Fsp3) is 0. The molecule has 3 aromatic rings. The summed E-state index contributed by atoms with van der Waals surface area (Å²) in [4.78, 5) is 15.5. The van der Waals surface area contributed by atoms with Crippen molar-refractivity contribution in [2.75, 3.05) is 0 Å². The molecule has 0 aliphatic rings. The Kier molecular flexibility index (Phi) is 2.79. The standard InChI is InChI=1S/C13H8BrN3O2/c14-8-6-15-17(7-8)12-5-4-9-10(13(18)19)2-1-3-11(9)16-12/h1-7H,(H,18,19). The van der Waals surface area contributed by atoms with Gasteiger partial charge >= 0.3 is 5.97 Å². The van der Waals surface area contributed by atoms with Gasteiger partial charge in [0, 0.05) is 11.6 Å². The first-order chi connectivity index (χ1) is 9.15. The average molecular weight is 318 g/mol. The van der Waals surface area contributed by atoms with E-state index >= 15 is 0 Å². The van der Waals surface area contributed by atoms with Crippen LogP contribution in [-0.4, -0.2) is 25.8 Å². The molecule has 0 atom stereocenters. The number of fused-ring (bicyclic) bond motifs is 1. The molecule has 2 aromatic heterocycles. The second-order valence-electron chi connectivity index (χ2n) is 3.95. The molecule has 5 nitrogen and oxygen atoms in total. The summed E-state index contributed by atoms with van der Waals surface area (Å²) in [6.45, 7) is 0. The van der Waals surface area contributed by atoms with Crippen LogP contribution < -0.4 is 0 Å². The topological polar surface area (TPSA) is 68.0 Å². The van der Waals surface area contributed by atoms with E-state index in [-0.39, 0.29) is 5.56 Å². The van der Waals surface area contributed by atoms with Crippen molar-refractivity contribution in [3.8, 4) is 5.82 Å². The molecule has 0 bridgehead atoms. The second-order valence-corrected chi connectivity index (χ2v) is 4.87. The molecule has 1 N–H and O–H groups in total. The maximum Gasteiger partial charge on any atom is 0.336 e. The Balaban J connectivity index is 2.19. The monoisotopic (exact) mass is 317 g/mol. The molecule has 0 saturated heterocycles. The van der Waals surface area contributed by atoms with Crippen LogP contribution in [0.2, 0.25) is 0 Å². The van der Waals surface area contributed by atoms with Crippen molar-refractivity contribution >= 4 is 32.8 Å². The number of carboxylic acids is 1. The zero-order valence-electron chi connectivity index (χ0n) is 9.62. The molecule has 94 valence electrons. The third-order valence-electron chi connectivity index (χ3n) is 2.73. The lowest BCUT2D eigenvalue weighted by molar-refractivity contribution is 0.0699. The Labute approximate surface area is 116 Å². The summed E-state index contributed by atoms with van der Waals surface area (Å²) in [5, 5.41) is 13.9. The van der Waals surface area contributed by atoms with Crippen LogP contribution in [0.15, 0.2) is 47.2 Å². The lowest BCUT2D eigenvalue weighted by Crippen LogP contribution is -2.01. The quantitative estimate of drug-likeness (QED) is 0.789. The van der Waals surface area contributed by atoms with E-state index in [0.29, 0.717) is 16.7 Å². The summed E-state index contributed by atoms with van der Waals surface area (Å²) in [6, 6.07) is 8.52. The maximum atomic E-state index is 11.1. The lowest BCUT2D eigenvalue weighted by atomic mass is 10.1. The number of hydrogen-bond donors (Lipinski definition) is 1. The van der Waals surface area contributed by atoms with Gasteiger partial charge in [-0.25, -0.2) is 14.5 Å². The van der Waals surface area contributed by atoms with Crippen LogP contribution in [0, 0.1) is 0 Å². The van der Waals surface area contributed by atoms with Gasteiger partial charge in [-0.3, -0.25) is 0 Å². The third kappa shape index (κ3) is 2.10. The predicted octanol–water partition coefficient (Wildman–Crippen LogP) is 2.88. The van der Waals surface area contributed by atoms with Crippen molar-refractivity contribution in [3.05, 3.63) is 52.8 Å². The average Bonchev–Trinajstić information content (AvgIpc) is 2.84. The number of carbonyl (C=O) groups is 1. The van der Waals surface area contributed by atoms with Crippen LogP contribution in [0.3, 0.4) is 0 Å². The number of pyridine rings is 1. The van der Waals surface area contributed by atoms with Gasteiger partial charge in [-0.05, 0) is 40.2 Å². The summed E-state index contributed by atoms with van der Waals surface area (Å²) in [7, 11) is 0. The van der Waals surface area contributed by atoms with Crippen LogP contribution >= 0.6 is 15.9 Å². The number of aromatic carboxylic acids is 1. The summed E-state index contributed by atoms with van der Waals surface area (Å²) in [6.07, 6.45) is 3.45. The van der Waals surface area contributed by atoms with Gasteiger partial charge in [-0.1, -0.05) is 6.07 Å². The first-order valence-corrected chi connectivity index (χ1v) is 6.28. The summed E-state index contributed by atoms with van der Waals surface area (Å²) in [5.41, 5.74) is 0.877. The Bertz CT molecular complexity index is 782. The van der Waals surface area contributed by atoms with E-state index in [0.717, 1.165) is 4.47 Å². The number of nitrogens with zero attached hydrogens (tertiary/aromatic N) is 3. The highest BCUT2D eigenvalue weighted by Crippen LogP contribution is 2.19. The van der Waals surface area contributed by atoms with Crippen LogP contribution in [-0.2, 0) is 0 Å². The van der Waals surface area contributed by atoms with Crippen LogP contribution in [0.4, 0.5) is 0 Å². The fourth-order valence-corrected chi connectivity index (χ4v) is 2.17. The van der Waals surface area contributed by atoms with Crippen LogP contribution in [0.1, 0.15) is 10.4 Å². The summed E-state index contributed by atoms with van der Waals surface area (Å²) >= 11 is 3.32. The zero-order chi connectivity index (χ0) is 13.4. The van der Waals surface area contributed by atoms with E-state index in [9.17, 15) is 4.79 Å². The van der Waals surface area contributed by atoms with Crippen LogP contribution in [0.25, 0.3) is 16.7 Å². The minimum absolute atomic E-state index is 0.248. The minimum atomic E-state index is -0.956. The van der Waals surface area contributed by atoms with Gasteiger partial charge in [0.1, 0.15) is 0 Å². The SMILES string of the molecule is O=C(O)c1cccc2nc(-n3cc(Br)cn3)ccc12. The van der Waals surface area contributed by atoms with Crippen molar-refractivity contribution in [3.63, 3.8) is 0 Å². The van der Waals surface area contributed by atoms with Gasteiger partial charge in [0.15, 0.2) is 5.82 Å². The van der Waals surface area contributed by atoms with Crippen LogP contribution in [0.5, 0.6) is 0 Å². The molecule has 0 unspecified atom stereocenters. The van der Waals surface area contributed by atoms with Gasteiger partial charge in [0.2, 0.25) is 0 Å². The zero-order valence-corrected chi connectivity index (χ0v) is 11.2. The molecule has 0 amide bonds. The van der Waals surface area contributed by atoms with E-state index in [1.54, 1.807) is 47.4 Å². The molecule has 2 heterocycles. The molecule has 1 aromatic carbocycles. The molecule has 0 radical (unpaired) electrons. The maximum absolute atomic E-state index is 11.1. The highest BCUT2D eigenvalue weighted by molar-refractivity contribution is 9.10. The Morgan fingerprint density at radius 2 is 2.11 bits per heavy atom. The molecule has 0 spiro atoms. The van der Waals surface area contributed by atoms with Crippen molar-refractivity contribution < 1.29 is 9.90 Å². The van der Waals surface area contributed by atoms with E-state index in [4.69, 9.17) is 5.11 Å². The molecular weight excluding hydrogens is 310 g/mol. The van der Waals surface area contributed by atoms with Gasteiger partial charge < -0.3 is 5.11 Å². The summed E-state index contributed by atoms with van der Waals surface area (Å²) in [5.74, 6) is -0.317. The third-order valence-corrected chi connectivity index (χ3v) is 3.14. The van der Waals surface area contributed by atoms with E-state index in [1.165, 1.54) is 0 Å². The molecule has 19 heavy (non-hydrogen) atoms. The Morgan fingerprint density at radius 1 is 1.26 bits per heavy atom. The number of aromatic nitrogens is 3. The number of carboxylic acid groups (broad SMARTS) is 1. The molecule has 6 heteroatoms. The van der Waals surface area contributed by atoms with Gasteiger partial charge in [-0.15, -0.1) is 0 Å². The Morgan fingerprint density at radius 3 is 2.79 bits per heavy atom. The second kappa shape index (κ2) is 4.47. The number of halogens is 1. The van der Waals surface area contributed by atoms with Crippen molar-refractivity contribution in [2.24, 2.45) is 0 Å². The molecule has 0 fully saturated rings. The van der Waals surface area contributed by atoms with Crippen molar-refractivity contribution in [2.45, 2.75) is 0 Å². The highest BCUT2D eigenvalue weighted by Gasteiger charge is 2.09. The summed E-state index contributed by atoms with van der Waals surface area (Å²) < 4.78 is 2.48. The smallest absolute Gasteiger partial charge is 0.336 e. The fourth-order valence-electron chi connectivity index (χ4n) is 1.88. The predicted molar refractivity (Wildman–Crippen MR) is 73.5 cm³/mol. The van der Waals surface area contributed by atoms with Gasteiger partial charge in [0.25, 0.3) is 0 Å². The van der Waals surface area contributed by atoms with E-state index in [1.807, 2.05) is 0 Å². The first kappa shape index (κ1) is 11.9. The number of hydrogen-bond acceptors (Lipinski definition) is 3. The first-order valence-electron chi connectivity index (χ1n) is 5.49. The lowest BCUT2D eigenvalue weighted by Gasteiger charge is -2.05. The molecule has 0 aliphatic heterocycles. The largest absolute Gasteiger partial charge is 0.478 e. The number of rotatable bonds is 2. The van der Waals surface area contributed by atoms with Crippen molar-refractivity contribution in [1.82, 2.24) is 14.8 Å². The van der Waals surface area contributed by atoms with Crippen molar-refractivity contribution in [1.29, 1.82) is 0 Å². The number of benzene rings is 1. The molecule has 3 rings (SSSR count). The Hall–Kier alpha value is -2.21. The van der Waals surface area contributed by atoms with Gasteiger partial charge in [0.05, 0.1) is 21.7 Å². The van der Waals surface area contributed by atoms with E-state index < -0.39 is 5.97 Å². The molecular formula is C13H8BrN3O2. The minimum Gasteiger partial charge on any atom is -0.478 e.